The summed E-state index contributed by atoms with van der Waals surface area (Å²) in [4.78, 5) is 0. The van der Waals surface area contributed by atoms with E-state index in [0.29, 0.717) is 23.3 Å². The van der Waals surface area contributed by atoms with Gasteiger partial charge in [-0.05, 0) is 43.5 Å². The van der Waals surface area contributed by atoms with Crippen molar-refractivity contribution < 1.29 is 14.2 Å². The quantitative estimate of drug-likeness (QED) is 0.842. The van der Waals surface area contributed by atoms with E-state index in [-0.39, 0.29) is 0 Å². The Hall–Kier alpha value is -1.42. The molecule has 1 aliphatic carbocycles. The van der Waals surface area contributed by atoms with Gasteiger partial charge in [-0.2, -0.15) is 0 Å². The Balaban J connectivity index is 2.41. The predicted octanol–water partition coefficient (Wildman–Crippen LogP) is 2.38. The maximum Gasteiger partial charge on any atom is 0.203 e. The summed E-state index contributed by atoms with van der Waals surface area (Å²) < 4.78 is 16.1. The largest absolute Gasteiger partial charge is 0.493 e. The Kier molecular flexibility index (Phi) is 3.97. The zero-order valence-corrected chi connectivity index (χ0v) is 11.4. The number of nitrogens with one attached hydrogen (secondary N) is 1. The lowest BCUT2D eigenvalue weighted by Gasteiger charge is -2.20. The molecule has 1 fully saturated rings. The van der Waals surface area contributed by atoms with Crippen LogP contribution in [0.3, 0.4) is 0 Å². The molecule has 1 aliphatic rings. The van der Waals surface area contributed by atoms with Crippen LogP contribution < -0.4 is 19.5 Å². The molecule has 0 saturated heterocycles. The van der Waals surface area contributed by atoms with Crippen molar-refractivity contribution in [3.63, 3.8) is 0 Å². The van der Waals surface area contributed by atoms with Gasteiger partial charge in [0.05, 0.1) is 21.3 Å². The highest BCUT2D eigenvalue weighted by Crippen LogP contribution is 2.45. The molecule has 2 rings (SSSR count). The maximum absolute atomic E-state index is 5.38. The van der Waals surface area contributed by atoms with E-state index in [9.17, 15) is 0 Å². The molecule has 1 unspecified atom stereocenters. The van der Waals surface area contributed by atoms with E-state index in [0.717, 1.165) is 5.92 Å². The smallest absolute Gasteiger partial charge is 0.203 e. The van der Waals surface area contributed by atoms with Gasteiger partial charge in [0.15, 0.2) is 11.5 Å². The predicted molar refractivity (Wildman–Crippen MR) is 70.6 cm³/mol. The summed E-state index contributed by atoms with van der Waals surface area (Å²) in [5, 5.41) is 3.37. The van der Waals surface area contributed by atoms with Gasteiger partial charge >= 0.3 is 0 Å². The van der Waals surface area contributed by atoms with Crippen molar-refractivity contribution in [2.24, 2.45) is 5.92 Å². The van der Waals surface area contributed by atoms with Gasteiger partial charge in [0.25, 0.3) is 0 Å². The van der Waals surface area contributed by atoms with E-state index in [2.05, 4.69) is 5.32 Å². The monoisotopic (exact) mass is 251 g/mol. The van der Waals surface area contributed by atoms with Gasteiger partial charge in [0, 0.05) is 6.04 Å². The average molecular weight is 251 g/mol. The maximum atomic E-state index is 5.38. The van der Waals surface area contributed by atoms with Gasteiger partial charge in [-0.3, -0.25) is 0 Å². The van der Waals surface area contributed by atoms with Gasteiger partial charge in [-0.15, -0.1) is 0 Å². The summed E-state index contributed by atoms with van der Waals surface area (Å²) in [6.45, 7) is 0. The minimum atomic E-state index is 0.360. The third-order valence-electron chi connectivity index (χ3n) is 3.45. The van der Waals surface area contributed by atoms with Crippen LogP contribution in [-0.2, 0) is 0 Å². The first kappa shape index (κ1) is 13.0. The van der Waals surface area contributed by atoms with Crippen molar-refractivity contribution >= 4 is 0 Å². The lowest BCUT2D eigenvalue weighted by atomic mass is 10.0. The Morgan fingerprint density at radius 2 is 1.61 bits per heavy atom. The molecule has 100 valence electrons. The summed E-state index contributed by atoms with van der Waals surface area (Å²) in [6, 6.07) is 4.42. The molecule has 1 N–H and O–H groups in total. The van der Waals surface area contributed by atoms with Crippen molar-refractivity contribution in [1.82, 2.24) is 5.32 Å². The molecular formula is C14H21NO3. The number of rotatable bonds is 6. The van der Waals surface area contributed by atoms with Crippen LogP contribution in [0.2, 0.25) is 0 Å². The van der Waals surface area contributed by atoms with Crippen LogP contribution in [0, 0.1) is 5.92 Å². The minimum Gasteiger partial charge on any atom is -0.493 e. The highest BCUT2D eigenvalue weighted by Gasteiger charge is 2.32. The number of hydrogen-bond acceptors (Lipinski definition) is 4. The molecule has 1 atom stereocenters. The molecule has 0 amide bonds. The summed E-state index contributed by atoms with van der Waals surface area (Å²) in [6.07, 6.45) is 2.56. The van der Waals surface area contributed by atoms with Crippen molar-refractivity contribution in [2.45, 2.75) is 18.9 Å². The second kappa shape index (κ2) is 5.48. The van der Waals surface area contributed by atoms with E-state index in [1.807, 2.05) is 19.2 Å². The molecule has 1 aromatic carbocycles. The second-order valence-electron chi connectivity index (χ2n) is 4.56. The van der Waals surface area contributed by atoms with Gasteiger partial charge in [-0.25, -0.2) is 0 Å². The fourth-order valence-corrected chi connectivity index (χ4v) is 2.39. The lowest BCUT2D eigenvalue weighted by Crippen LogP contribution is -2.18. The zero-order valence-electron chi connectivity index (χ0n) is 11.4. The number of ether oxygens (including phenoxy) is 3. The normalized spacial score (nSPS) is 16.2. The van der Waals surface area contributed by atoms with Crippen LogP contribution in [0.25, 0.3) is 0 Å². The molecule has 0 aliphatic heterocycles. The Bertz CT molecular complexity index is 390. The van der Waals surface area contributed by atoms with Gasteiger partial charge in [0.1, 0.15) is 0 Å². The molecule has 4 heteroatoms. The third kappa shape index (κ3) is 2.38. The first-order valence-corrected chi connectivity index (χ1v) is 6.22. The topological polar surface area (TPSA) is 39.7 Å². The standard InChI is InChI=1S/C14H21NO3/c1-15-13(9-5-6-9)10-7-11(16-2)14(18-4)12(8-10)17-3/h7-9,13,15H,5-6H2,1-4H3. The fraction of sp³-hybridized carbons (Fsp3) is 0.571. The van der Waals surface area contributed by atoms with Gasteiger partial charge in [0.2, 0.25) is 5.75 Å². The molecule has 1 saturated carbocycles. The molecule has 18 heavy (non-hydrogen) atoms. The van der Waals surface area contributed by atoms with Gasteiger partial charge < -0.3 is 19.5 Å². The summed E-state index contributed by atoms with van der Waals surface area (Å²) in [7, 11) is 6.90. The van der Waals surface area contributed by atoms with Crippen molar-refractivity contribution in [3.05, 3.63) is 17.7 Å². The Labute approximate surface area is 108 Å². The third-order valence-corrected chi connectivity index (χ3v) is 3.45. The van der Waals surface area contributed by atoms with Crippen molar-refractivity contribution in [2.75, 3.05) is 28.4 Å². The average Bonchev–Trinajstić information content (AvgIpc) is 3.22. The van der Waals surface area contributed by atoms with E-state index in [1.54, 1.807) is 21.3 Å². The SMILES string of the molecule is CNC(c1cc(OC)c(OC)c(OC)c1)C1CC1. The highest BCUT2D eigenvalue weighted by atomic mass is 16.5. The summed E-state index contributed by atoms with van der Waals surface area (Å²) in [5.74, 6) is 2.80. The Morgan fingerprint density at radius 3 is 1.94 bits per heavy atom. The van der Waals surface area contributed by atoms with Crippen molar-refractivity contribution in [3.8, 4) is 17.2 Å². The van der Waals surface area contributed by atoms with Crippen LogP contribution >= 0.6 is 0 Å². The molecule has 0 aromatic heterocycles. The highest BCUT2D eigenvalue weighted by molar-refractivity contribution is 5.54. The molecule has 0 radical (unpaired) electrons. The van der Waals surface area contributed by atoms with E-state index in [1.165, 1.54) is 18.4 Å². The number of benzene rings is 1. The van der Waals surface area contributed by atoms with Crippen LogP contribution in [0.1, 0.15) is 24.4 Å². The molecule has 1 aromatic rings. The summed E-state index contributed by atoms with van der Waals surface area (Å²) >= 11 is 0. The van der Waals surface area contributed by atoms with Gasteiger partial charge in [-0.1, -0.05) is 0 Å². The van der Waals surface area contributed by atoms with Crippen LogP contribution in [-0.4, -0.2) is 28.4 Å². The lowest BCUT2D eigenvalue weighted by molar-refractivity contribution is 0.322. The molecule has 4 nitrogen and oxygen atoms in total. The van der Waals surface area contributed by atoms with Crippen LogP contribution in [0.4, 0.5) is 0 Å². The minimum absolute atomic E-state index is 0.360. The van der Waals surface area contributed by atoms with Crippen LogP contribution in [0.15, 0.2) is 12.1 Å². The molecular weight excluding hydrogens is 230 g/mol. The summed E-state index contributed by atoms with van der Waals surface area (Å²) in [5.41, 5.74) is 1.19. The first-order valence-electron chi connectivity index (χ1n) is 6.22. The first-order chi connectivity index (χ1) is 8.74. The Morgan fingerprint density at radius 1 is 1.06 bits per heavy atom. The van der Waals surface area contributed by atoms with E-state index in [4.69, 9.17) is 14.2 Å². The van der Waals surface area contributed by atoms with Crippen molar-refractivity contribution in [1.29, 1.82) is 0 Å². The number of methoxy groups -OCH3 is 3. The van der Waals surface area contributed by atoms with E-state index >= 15 is 0 Å². The van der Waals surface area contributed by atoms with Crippen LogP contribution in [0.5, 0.6) is 17.2 Å². The zero-order chi connectivity index (χ0) is 13.1. The van der Waals surface area contributed by atoms with E-state index < -0.39 is 0 Å². The molecule has 0 bridgehead atoms. The fourth-order valence-electron chi connectivity index (χ4n) is 2.39. The molecule has 0 heterocycles. The number of hydrogen-bond donors (Lipinski definition) is 1. The second-order valence-corrected chi connectivity index (χ2v) is 4.56. The molecule has 0 spiro atoms.